The van der Waals surface area contributed by atoms with Gasteiger partial charge in [0.15, 0.2) is 11.5 Å². The van der Waals surface area contributed by atoms with Crippen molar-refractivity contribution < 1.29 is 0 Å². The lowest BCUT2D eigenvalue weighted by Gasteiger charge is -2.25. The minimum Gasteiger partial charge on any atom is -0.309 e. The minimum atomic E-state index is -0.189. The molecule has 1 aliphatic heterocycles. The number of fused-ring (bicyclic) bond motifs is 2. The molecule has 0 saturated heterocycles. The largest absolute Gasteiger partial charge is 0.309 e. The van der Waals surface area contributed by atoms with Gasteiger partial charge in [0.2, 0.25) is 5.95 Å². The lowest BCUT2D eigenvalue weighted by molar-refractivity contribution is 0.307. The number of anilines is 2. The fraction of sp³-hybridized carbons (Fsp3) is 0.292. The lowest BCUT2D eigenvalue weighted by Crippen LogP contribution is -2.28. The van der Waals surface area contributed by atoms with Gasteiger partial charge in [0, 0.05) is 25.0 Å². The second kappa shape index (κ2) is 8.25. The molecule has 0 unspecified atom stereocenters. The van der Waals surface area contributed by atoms with Gasteiger partial charge in [-0.3, -0.25) is 4.79 Å². The highest BCUT2D eigenvalue weighted by Gasteiger charge is 2.20. The Hall–Kier alpha value is -3.85. The van der Waals surface area contributed by atoms with E-state index < -0.39 is 0 Å². The number of rotatable bonds is 5. The Bertz CT molecular complexity index is 1430. The van der Waals surface area contributed by atoms with Crippen LogP contribution >= 0.6 is 0 Å². The molecule has 0 fully saturated rings. The van der Waals surface area contributed by atoms with Gasteiger partial charge in [0.05, 0.1) is 12.2 Å². The van der Waals surface area contributed by atoms with Crippen LogP contribution in [-0.4, -0.2) is 47.8 Å². The first-order chi connectivity index (χ1) is 15.9. The third-order valence-electron chi connectivity index (χ3n) is 5.90. The Morgan fingerprint density at radius 3 is 2.85 bits per heavy atom. The van der Waals surface area contributed by atoms with Crippen molar-refractivity contribution in [3.63, 3.8) is 0 Å². The van der Waals surface area contributed by atoms with Crippen LogP contribution in [0.2, 0.25) is 0 Å². The van der Waals surface area contributed by atoms with Crippen LogP contribution in [0.4, 0.5) is 11.8 Å². The van der Waals surface area contributed by atoms with Crippen LogP contribution in [0.25, 0.3) is 16.9 Å². The van der Waals surface area contributed by atoms with Crippen molar-refractivity contribution in [2.24, 2.45) is 0 Å². The van der Waals surface area contributed by atoms with Gasteiger partial charge >= 0.3 is 0 Å². The zero-order valence-corrected chi connectivity index (χ0v) is 19.0. The van der Waals surface area contributed by atoms with E-state index in [1.807, 2.05) is 31.2 Å². The van der Waals surface area contributed by atoms with E-state index in [1.54, 1.807) is 21.6 Å². The standard InChI is InChI=1S/C24H26N8O/c1-5-10-31-23(33)18-13-25-24(29-22(18)32(31)21-8-6-7-16(3)26-21)28-20-12-15(2)17-9-11-30(4)14-19(17)27-20/h5-8,12-13H,1,9-11,14H2,2-4H3,(H,25,27,28,29). The number of aryl methyl sites for hydroxylation is 2. The van der Waals surface area contributed by atoms with Gasteiger partial charge in [-0.05, 0) is 56.6 Å². The Balaban J connectivity index is 1.61. The Morgan fingerprint density at radius 2 is 2.06 bits per heavy atom. The SMILES string of the molecule is C=CCn1c(=O)c2cnc(Nc3cc(C)c4c(n3)CN(C)CC4)nc2n1-c1cccc(C)n1. The van der Waals surface area contributed by atoms with Crippen LogP contribution in [-0.2, 0) is 19.5 Å². The van der Waals surface area contributed by atoms with Crippen LogP contribution in [0.15, 0.2) is 47.9 Å². The minimum absolute atomic E-state index is 0.189. The second-order valence-electron chi connectivity index (χ2n) is 8.42. The lowest BCUT2D eigenvalue weighted by atomic mass is 10.0. The molecule has 4 aromatic rings. The first kappa shape index (κ1) is 21.0. The number of nitrogens with one attached hydrogen (secondary N) is 1. The van der Waals surface area contributed by atoms with Crippen LogP contribution in [0, 0.1) is 13.8 Å². The summed E-state index contributed by atoms with van der Waals surface area (Å²) in [6, 6.07) is 7.69. The van der Waals surface area contributed by atoms with Crippen molar-refractivity contribution in [1.82, 2.24) is 34.2 Å². The number of likely N-dealkylation sites (N-methyl/N-ethyl adjacent to an activating group) is 1. The summed E-state index contributed by atoms with van der Waals surface area (Å²) in [6.45, 7) is 9.98. The first-order valence-electron chi connectivity index (χ1n) is 10.9. The molecule has 9 nitrogen and oxygen atoms in total. The maximum atomic E-state index is 13.1. The Morgan fingerprint density at radius 1 is 1.21 bits per heavy atom. The summed E-state index contributed by atoms with van der Waals surface area (Å²) >= 11 is 0. The van der Waals surface area contributed by atoms with E-state index in [9.17, 15) is 4.79 Å². The maximum Gasteiger partial charge on any atom is 0.278 e. The molecule has 5 heterocycles. The van der Waals surface area contributed by atoms with Crippen molar-refractivity contribution in [1.29, 1.82) is 0 Å². The zero-order valence-electron chi connectivity index (χ0n) is 19.0. The van der Waals surface area contributed by atoms with Gasteiger partial charge in [-0.1, -0.05) is 12.1 Å². The molecule has 0 amide bonds. The number of allylic oxidation sites excluding steroid dienone is 1. The van der Waals surface area contributed by atoms with Crippen LogP contribution in [0.1, 0.15) is 22.5 Å². The predicted molar refractivity (Wildman–Crippen MR) is 128 cm³/mol. The summed E-state index contributed by atoms with van der Waals surface area (Å²) in [5.74, 6) is 1.67. The molecule has 33 heavy (non-hydrogen) atoms. The molecular weight excluding hydrogens is 416 g/mol. The third kappa shape index (κ3) is 3.80. The average molecular weight is 443 g/mol. The number of pyridine rings is 2. The molecule has 0 atom stereocenters. The van der Waals surface area contributed by atoms with E-state index in [0.717, 1.165) is 30.9 Å². The van der Waals surface area contributed by atoms with Crippen molar-refractivity contribution in [3.8, 4) is 5.82 Å². The van der Waals surface area contributed by atoms with E-state index >= 15 is 0 Å². The van der Waals surface area contributed by atoms with Gasteiger partial charge in [0.1, 0.15) is 11.2 Å². The molecule has 5 rings (SSSR count). The zero-order chi connectivity index (χ0) is 23.1. The highest BCUT2D eigenvalue weighted by molar-refractivity contribution is 5.76. The van der Waals surface area contributed by atoms with Crippen molar-refractivity contribution in [3.05, 3.63) is 76.0 Å². The molecule has 0 aromatic carbocycles. The van der Waals surface area contributed by atoms with E-state index in [2.05, 4.69) is 40.7 Å². The fourth-order valence-electron chi connectivity index (χ4n) is 4.31. The number of hydrogen-bond donors (Lipinski definition) is 1. The maximum absolute atomic E-state index is 13.1. The molecule has 1 N–H and O–H groups in total. The van der Waals surface area contributed by atoms with Gasteiger partial charge in [-0.2, -0.15) is 4.98 Å². The van der Waals surface area contributed by atoms with Gasteiger partial charge in [0.25, 0.3) is 5.56 Å². The summed E-state index contributed by atoms with van der Waals surface area (Å²) in [5.41, 5.74) is 4.73. The topological polar surface area (TPSA) is 93.8 Å². The third-order valence-corrected chi connectivity index (χ3v) is 5.90. The van der Waals surface area contributed by atoms with Gasteiger partial charge < -0.3 is 10.2 Å². The monoisotopic (exact) mass is 442 g/mol. The van der Waals surface area contributed by atoms with Crippen LogP contribution < -0.4 is 10.9 Å². The summed E-state index contributed by atoms with van der Waals surface area (Å²) in [4.78, 5) is 33.8. The summed E-state index contributed by atoms with van der Waals surface area (Å²) < 4.78 is 3.29. The van der Waals surface area contributed by atoms with Crippen LogP contribution in [0.3, 0.4) is 0 Å². The molecular formula is C24H26N8O. The molecule has 4 aromatic heterocycles. The molecule has 0 spiro atoms. The van der Waals surface area contributed by atoms with E-state index in [4.69, 9.17) is 9.97 Å². The molecule has 0 saturated carbocycles. The van der Waals surface area contributed by atoms with E-state index in [-0.39, 0.29) is 5.56 Å². The highest BCUT2D eigenvalue weighted by Crippen LogP contribution is 2.24. The number of nitrogens with zero attached hydrogens (tertiary/aromatic N) is 7. The fourth-order valence-corrected chi connectivity index (χ4v) is 4.31. The van der Waals surface area contributed by atoms with E-state index in [1.165, 1.54) is 11.1 Å². The van der Waals surface area contributed by atoms with Gasteiger partial charge in [-0.15, -0.1) is 6.58 Å². The van der Waals surface area contributed by atoms with Crippen molar-refractivity contribution in [2.75, 3.05) is 18.9 Å². The normalized spacial score (nSPS) is 13.8. The smallest absolute Gasteiger partial charge is 0.278 e. The molecule has 1 aliphatic rings. The first-order valence-corrected chi connectivity index (χ1v) is 10.9. The quantitative estimate of drug-likeness (QED) is 0.475. The number of hydrogen-bond acceptors (Lipinski definition) is 7. The Labute approximate surface area is 191 Å². The van der Waals surface area contributed by atoms with Gasteiger partial charge in [-0.25, -0.2) is 24.3 Å². The van der Waals surface area contributed by atoms with Crippen LogP contribution in [0.5, 0.6) is 0 Å². The molecule has 168 valence electrons. The molecule has 0 aliphatic carbocycles. The average Bonchev–Trinajstić information content (AvgIpc) is 3.05. The highest BCUT2D eigenvalue weighted by atomic mass is 16.1. The van der Waals surface area contributed by atoms with Crippen molar-refractivity contribution >= 4 is 22.8 Å². The predicted octanol–water partition coefficient (Wildman–Crippen LogP) is 2.91. The second-order valence-corrected chi connectivity index (χ2v) is 8.42. The summed E-state index contributed by atoms with van der Waals surface area (Å²) in [6.07, 6.45) is 4.23. The van der Waals surface area contributed by atoms with E-state index in [0.29, 0.717) is 35.2 Å². The molecule has 0 bridgehead atoms. The van der Waals surface area contributed by atoms with Crippen molar-refractivity contribution in [2.45, 2.75) is 33.4 Å². The number of aromatic nitrogens is 6. The molecule has 0 radical (unpaired) electrons. The summed E-state index contributed by atoms with van der Waals surface area (Å²) in [7, 11) is 2.10. The Kier molecular flexibility index (Phi) is 5.26. The summed E-state index contributed by atoms with van der Waals surface area (Å²) in [5, 5.41) is 3.65. The molecule has 9 heteroatoms.